The molecule has 15 heavy (non-hydrogen) atoms. The lowest BCUT2D eigenvalue weighted by Gasteiger charge is -2.36. The summed E-state index contributed by atoms with van der Waals surface area (Å²) in [6, 6.07) is 3.73. The predicted molar refractivity (Wildman–Crippen MR) is 59.9 cm³/mol. The topological polar surface area (TPSA) is 62.4 Å². The first-order chi connectivity index (χ1) is 7.33. The summed E-state index contributed by atoms with van der Waals surface area (Å²) < 4.78 is 0. The fraction of sp³-hybridized carbons (Fsp3) is 0.545. The van der Waals surface area contributed by atoms with Crippen molar-refractivity contribution in [2.45, 2.75) is 25.3 Å². The Morgan fingerprint density at radius 1 is 1.53 bits per heavy atom. The minimum Gasteiger partial charge on any atom is -0.504 e. The van der Waals surface area contributed by atoms with E-state index in [4.69, 9.17) is 5.73 Å². The van der Waals surface area contributed by atoms with Gasteiger partial charge < -0.3 is 15.7 Å². The van der Waals surface area contributed by atoms with E-state index in [2.05, 4.69) is 9.88 Å². The second kappa shape index (κ2) is 4.49. The smallest absolute Gasteiger partial charge is 0.171 e. The predicted octanol–water partition coefficient (Wildman–Crippen LogP) is 1.10. The molecule has 1 aromatic rings. The average Bonchev–Trinajstić information content (AvgIpc) is 2.30. The minimum atomic E-state index is 0.248. The van der Waals surface area contributed by atoms with Crippen LogP contribution in [0.1, 0.15) is 19.3 Å². The number of aromatic hydroxyl groups is 1. The van der Waals surface area contributed by atoms with Crippen molar-refractivity contribution in [1.82, 2.24) is 4.98 Å². The normalized spacial score (nSPS) is 21.7. The highest BCUT2D eigenvalue weighted by Crippen LogP contribution is 2.29. The van der Waals surface area contributed by atoms with E-state index in [0.29, 0.717) is 18.4 Å². The number of nitrogens with two attached hydrogens (primary N) is 1. The SMILES string of the molecule is NCC1CCCCN1c1ncccc1O. The van der Waals surface area contributed by atoms with Gasteiger partial charge in [0.15, 0.2) is 11.6 Å². The third-order valence-electron chi connectivity index (χ3n) is 2.94. The molecule has 2 rings (SSSR count). The van der Waals surface area contributed by atoms with Crippen molar-refractivity contribution in [2.24, 2.45) is 5.73 Å². The van der Waals surface area contributed by atoms with Gasteiger partial charge in [-0.25, -0.2) is 4.98 Å². The number of anilines is 1. The third-order valence-corrected chi connectivity index (χ3v) is 2.94. The Morgan fingerprint density at radius 3 is 3.13 bits per heavy atom. The molecule has 1 atom stereocenters. The average molecular weight is 207 g/mol. The summed E-state index contributed by atoms with van der Waals surface area (Å²) in [5, 5.41) is 9.73. The van der Waals surface area contributed by atoms with Gasteiger partial charge in [-0.05, 0) is 31.4 Å². The van der Waals surface area contributed by atoms with Gasteiger partial charge in [0.25, 0.3) is 0 Å². The molecule has 0 aromatic carbocycles. The molecule has 1 aliphatic rings. The molecule has 0 radical (unpaired) electrons. The maximum Gasteiger partial charge on any atom is 0.171 e. The lowest BCUT2D eigenvalue weighted by Crippen LogP contribution is -2.44. The van der Waals surface area contributed by atoms with E-state index in [0.717, 1.165) is 19.4 Å². The Hall–Kier alpha value is -1.29. The summed E-state index contributed by atoms with van der Waals surface area (Å²) >= 11 is 0. The molecule has 0 bridgehead atoms. The molecular formula is C11H17N3O. The Morgan fingerprint density at radius 2 is 2.40 bits per heavy atom. The summed E-state index contributed by atoms with van der Waals surface area (Å²) in [6.45, 7) is 1.56. The van der Waals surface area contributed by atoms with Gasteiger partial charge in [-0.15, -0.1) is 0 Å². The molecule has 4 heteroatoms. The molecule has 0 amide bonds. The van der Waals surface area contributed by atoms with E-state index in [1.165, 1.54) is 6.42 Å². The molecule has 0 aliphatic carbocycles. The second-order valence-corrected chi connectivity index (χ2v) is 3.92. The molecular weight excluding hydrogens is 190 g/mol. The van der Waals surface area contributed by atoms with Gasteiger partial charge in [0.05, 0.1) is 0 Å². The van der Waals surface area contributed by atoms with E-state index in [9.17, 15) is 5.11 Å². The van der Waals surface area contributed by atoms with E-state index >= 15 is 0 Å². The highest BCUT2D eigenvalue weighted by Gasteiger charge is 2.23. The van der Waals surface area contributed by atoms with Gasteiger partial charge in [0.2, 0.25) is 0 Å². The van der Waals surface area contributed by atoms with Gasteiger partial charge in [-0.2, -0.15) is 0 Å². The number of piperidine rings is 1. The van der Waals surface area contributed by atoms with E-state index in [1.807, 2.05) is 0 Å². The van der Waals surface area contributed by atoms with Crippen LogP contribution in [0.25, 0.3) is 0 Å². The standard InChI is InChI=1S/C11H17N3O/c12-8-9-4-1-2-7-14(9)11-10(15)5-3-6-13-11/h3,5-6,9,15H,1-2,4,7-8,12H2. The van der Waals surface area contributed by atoms with Gasteiger partial charge in [-0.1, -0.05) is 0 Å². The summed E-state index contributed by atoms with van der Waals surface area (Å²) in [4.78, 5) is 6.34. The van der Waals surface area contributed by atoms with E-state index < -0.39 is 0 Å². The van der Waals surface area contributed by atoms with Crippen LogP contribution in [-0.4, -0.2) is 29.2 Å². The van der Waals surface area contributed by atoms with Crippen LogP contribution < -0.4 is 10.6 Å². The first kappa shape index (κ1) is 10.2. The van der Waals surface area contributed by atoms with Gasteiger partial charge >= 0.3 is 0 Å². The van der Waals surface area contributed by atoms with Crippen molar-refractivity contribution in [3.63, 3.8) is 0 Å². The zero-order chi connectivity index (χ0) is 10.7. The highest BCUT2D eigenvalue weighted by molar-refractivity contribution is 5.52. The first-order valence-corrected chi connectivity index (χ1v) is 5.43. The van der Waals surface area contributed by atoms with E-state index in [-0.39, 0.29) is 5.75 Å². The van der Waals surface area contributed by atoms with Crippen molar-refractivity contribution in [2.75, 3.05) is 18.0 Å². The zero-order valence-corrected chi connectivity index (χ0v) is 8.76. The van der Waals surface area contributed by atoms with Crippen LogP contribution in [-0.2, 0) is 0 Å². The summed E-state index contributed by atoms with van der Waals surface area (Å²) in [5.74, 6) is 0.922. The minimum absolute atomic E-state index is 0.248. The molecule has 1 fully saturated rings. The maximum absolute atomic E-state index is 9.73. The molecule has 0 spiro atoms. The summed E-state index contributed by atoms with van der Waals surface area (Å²) in [5.41, 5.74) is 5.73. The lowest BCUT2D eigenvalue weighted by molar-refractivity contribution is 0.437. The van der Waals surface area contributed by atoms with Crippen LogP contribution in [0.2, 0.25) is 0 Å². The van der Waals surface area contributed by atoms with Crippen LogP contribution in [0.15, 0.2) is 18.3 Å². The Labute approximate surface area is 89.7 Å². The zero-order valence-electron chi connectivity index (χ0n) is 8.76. The quantitative estimate of drug-likeness (QED) is 0.762. The summed E-state index contributed by atoms with van der Waals surface area (Å²) in [7, 11) is 0. The van der Waals surface area contributed by atoms with Crippen molar-refractivity contribution in [3.8, 4) is 5.75 Å². The van der Waals surface area contributed by atoms with Crippen LogP contribution in [0.5, 0.6) is 5.75 Å². The highest BCUT2D eigenvalue weighted by atomic mass is 16.3. The Balaban J connectivity index is 2.24. The Kier molecular flexibility index (Phi) is 3.06. The van der Waals surface area contributed by atoms with Crippen LogP contribution in [0.4, 0.5) is 5.82 Å². The molecule has 2 heterocycles. The molecule has 1 unspecified atom stereocenters. The first-order valence-electron chi connectivity index (χ1n) is 5.43. The van der Waals surface area contributed by atoms with Crippen LogP contribution in [0.3, 0.4) is 0 Å². The lowest BCUT2D eigenvalue weighted by atomic mass is 10.0. The molecule has 1 aromatic heterocycles. The van der Waals surface area contributed by atoms with Crippen molar-refractivity contribution in [3.05, 3.63) is 18.3 Å². The van der Waals surface area contributed by atoms with Crippen molar-refractivity contribution < 1.29 is 5.11 Å². The van der Waals surface area contributed by atoms with Crippen LogP contribution >= 0.6 is 0 Å². The van der Waals surface area contributed by atoms with Crippen LogP contribution in [0, 0.1) is 0 Å². The molecule has 1 aliphatic heterocycles. The number of aromatic nitrogens is 1. The maximum atomic E-state index is 9.73. The number of rotatable bonds is 2. The number of hydrogen-bond acceptors (Lipinski definition) is 4. The largest absolute Gasteiger partial charge is 0.504 e. The molecule has 0 saturated carbocycles. The number of hydrogen-bond donors (Lipinski definition) is 2. The van der Waals surface area contributed by atoms with E-state index in [1.54, 1.807) is 18.3 Å². The van der Waals surface area contributed by atoms with Gasteiger partial charge in [0.1, 0.15) is 0 Å². The molecule has 3 N–H and O–H groups in total. The molecule has 4 nitrogen and oxygen atoms in total. The molecule has 82 valence electrons. The van der Waals surface area contributed by atoms with Crippen molar-refractivity contribution in [1.29, 1.82) is 0 Å². The number of nitrogens with zero attached hydrogens (tertiary/aromatic N) is 2. The number of pyridine rings is 1. The monoisotopic (exact) mass is 207 g/mol. The van der Waals surface area contributed by atoms with Gasteiger partial charge in [-0.3, -0.25) is 0 Å². The Bertz CT molecular complexity index is 329. The fourth-order valence-electron chi connectivity index (χ4n) is 2.13. The summed E-state index contributed by atoms with van der Waals surface area (Å²) in [6.07, 6.45) is 5.15. The van der Waals surface area contributed by atoms with Crippen molar-refractivity contribution >= 4 is 5.82 Å². The second-order valence-electron chi connectivity index (χ2n) is 3.92. The third kappa shape index (κ3) is 2.04. The van der Waals surface area contributed by atoms with Gasteiger partial charge in [0, 0.05) is 25.3 Å². The molecule has 1 saturated heterocycles. The fourth-order valence-corrected chi connectivity index (χ4v) is 2.13.